The Bertz CT molecular complexity index is 817. The van der Waals surface area contributed by atoms with Crippen molar-refractivity contribution < 1.29 is 23.7 Å². The van der Waals surface area contributed by atoms with Gasteiger partial charge in [0.25, 0.3) is 0 Å². The van der Waals surface area contributed by atoms with Gasteiger partial charge in [0.05, 0.1) is 6.10 Å². The molecular weight excluding hydrogens is 332 g/mol. The summed E-state index contributed by atoms with van der Waals surface area (Å²) in [6.45, 7) is 9.74. The largest absolute Gasteiger partial charge is 0.458 e. The number of cyclic esters (lactones) is 1. The summed E-state index contributed by atoms with van der Waals surface area (Å²) in [5.41, 5.74) is 1.67. The number of carbonyl (C=O) groups excluding carboxylic acids is 1. The van der Waals surface area contributed by atoms with Crippen LogP contribution < -0.4 is 0 Å². The van der Waals surface area contributed by atoms with E-state index in [-0.39, 0.29) is 46.5 Å². The number of esters is 1. The van der Waals surface area contributed by atoms with Gasteiger partial charge in [0.2, 0.25) is 0 Å². The molecule has 3 saturated heterocycles. The number of rotatable bonds is 1. The minimum absolute atomic E-state index is 0.000823. The Kier molecular flexibility index (Phi) is 2.21. The summed E-state index contributed by atoms with van der Waals surface area (Å²) >= 11 is 0. The Morgan fingerprint density at radius 2 is 1.96 bits per heavy atom. The van der Waals surface area contributed by atoms with Crippen LogP contribution in [-0.4, -0.2) is 47.7 Å². The minimum atomic E-state index is -0.239. The standard InChI is InChI=1S/C21H26O5/c1-9(2)19-10(3)20-14(24-20)7-13-12-8-23-17(22)11(12)5-6-18(13,4)21(20)16(26-21)15(19)25-19/h9-10,13-16H,5-8H2,1-4H3/t10?,13-,14-,15-,16-,18-,19+,20-,21+/m0/s1. The fourth-order valence-corrected chi connectivity index (χ4v) is 8.27. The highest BCUT2D eigenvalue weighted by atomic mass is 16.7. The second-order valence-corrected chi connectivity index (χ2v) is 10.2. The van der Waals surface area contributed by atoms with Gasteiger partial charge in [-0.2, -0.15) is 0 Å². The Morgan fingerprint density at radius 3 is 2.73 bits per heavy atom. The van der Waals surface area contributed by atoms with Crippen LogP contribution in [0.25, 0.3) is 0 Å². The average Bonchev–Trinajstić information content (AvgIpc) is 3.47. The minimum Gasteiger partial charge on any atom is -0.458 e. The number of fused-ring (bicyclic) bond motifs is 4. The molecule has 2 spiro atoms. The van der Waals surface area contributed by atoms with Gasteiger partial charge in [0, 0.05) is 16.9 Å². The SMILES string of the molecule is CC(C)[C@]12O[C@H]1[C@@H]1O[C@@]13[C@@]1(C)CCC4=C(COC4=O)[C@@H]1C[C@@H]1O[C@@]13C2C. The third-order valence-electron chi connectivity index (χ3n) is 9.59. The first-order chi connectivity index (χ1) is 12.3. The third-order valence-corrected chi connectivity index (χ3v) is 9.59. The van der Waals surface area contributed by atoms with E-state index >= 15 is 0 Å². The second-order valence-electron chi connectivity index (χ2n) is 10.2. The van der Waals surface area contributed by atoms with E-state index in [9.17, 15) is 4.79 Å². The highest BCUT2D eigenvalue weighted by Gasteiger charge is 2.99. The summed E-state index contributed by atoms with van der Waals surface area (Å²) in [6.07, 6.45) is 3.37. The monoisotopic (exact) mass is 358 g/mol. The van der Waals surface area contributed by atoms with Crippen molar-refractivity contribution in [3.63, 3.8) is 0 Å². The van der Waals surface area contributed by atoms with Gasteiger partial charge in [-0.3, -0.25) is 0 Å². The molecule has 4 heterocycles. The number of epoxide rings is 3. The highest BCUT2D eigenvalue weighted by molar-refractivity contribution is 5.92. The van der Waals surface area contributed by atoms with Gasteiger partial charge in [0.1, 0.15) is 35.6 Å². The maximum Gasteiger partial charge on any atom is 0.334 e. The van der Waals surface area contributed by atoms with E-state index in [4.69, 9.17) is 18.9 Å². The molecular formula is C21H26O5. The maximum atomic E-state index is 12.1. The van der Waals surface area contributed by atoms with Crippen molar-refractivity contribution in [1.29, 1.82) is 0 Å². The van der Waals surface area contributed by atoms with Crippen LogP contribution in [0, 0.1) is 23.2 Å². The molecule has 0 N–H and O–H groups in total. The lowest BCUT2D eigenvalue weighted by atomic mass is 9.45. The molecule has 5 nitrogen and oxygen atoms in total. The Balaban J connectivity index is 1.39. The van der Waals surface area contributed by atoms with E-state index in [0.717, 1.165) is 24.8 Å². The van der Waals surface area contributed by atoms with Crippen LogP contribution in [-0.2, 0) is 23.7 Å². The zero-order valence-electron chi connectivity index (χ0n) is 15.8. The summed E-state index contributed by atoms with van der Waals surface area (Å²) in [5, 5.41) is 0. The van der Waals surface area contributed by atoms with Crippen molar-refractivity contribution >= 4 is 5.97 Å². The van der Waals surface area contributed by atoms with Crippen LogP contribution in [0.3, 0.4) is 0 Å². The molecule has 26 heavy (non-hydrogen) atoms. The number of hydrogen-bond donors (Lipinski definition) is 0. The molecule has 140 valence electrons. The van der Waals surface area contributed by atoms with Gasteiger partial charge in [-0.1, -0.05) is 27.7 Å². The first-order valence-corrected chi connectivity index (χ1v) is 10.3. The molecule has 7 aliphatic rings. The van der Waals surface area contributed by atoms with Crippen molar-refractivity contribution in [3.8, 4) is 0 Å². The summed E-state index contributed by atoms with van der Waals surface area (Å²) in [4.78, 5) is 12.1. The van der Waals surface area contributed by atoms with E-state index < -0.39 is 0 Å². The van der Waals surface area contributed by atoms with Crippen molar-refractivity contribution in [2.75, 3.05) is 6.61 Å². The van der Waals surface area contributed by atoms with Crippen LogP contribution >= 0.6 is 0 Å². The quantitative estimate of drug-likeness (QED) is 0.532. The molecule has 1 unspecified atom stereocenters. The fraction of sp³-hybridized carbons (Fsp3) is 0.857. The Morgan fingerprint density at radius 1 is 1.15 bits per heavy atom. The van der Waals surface area contributed by atoms with Gasteiger partial charge in [0.15, 0.2) is 0 Å². The smallest absolute Gasteiger partial charge is 0.334 e. The zero-order chi connectivity index (χ0) is 17.9. The van der Waals surface area contributed by atoms with Crippen molar-refractivity contribution in [2.45, 2.75) is 82.1 Å². The number of hydrogen-bond acceptors (Lipinski definition) is 5. The van der Waals surface area contributed by atoms with E-state index in [2.05, 4.69) is 27.7 Å². The van der Waals surface area contributed by atoms with Crippen LogP contribution in [0.5, 0.6) is 0 Å². The second kappa shape index (κ2) is 3.81. The molecule has 5 fully saturated rings. The predicted molar refractivity (Wildman–Crippen MR) is 90.2 cm³/mol. The molecule has 5 heteroatoms. The summed E-state index contributed by atoms with van der Waals surface area (Å²) in [7, 11) is 0. The average molecular weight is 358 g/mol. The Hall–Kier alpha value is -0.910. The Labute approximate surface area is 153 Å². The topological polar surface area (TPSA) is 63.9 Å². The normalized spacial score (nSPS) is 63.1. The predicted octanol–water partition coefficient (Wildman–Crippen LogP) is 2.38. The van der Waals surface area contributed by atoms with E-state index in [0.29, 0.717) is 24.4 Å². The first kappa shape index (κ1) is 15.1. The van der Waals surface area contributed by atoms with Gasteiger partial charge in [-0.05, 0) is 36.7 Å². The molecule has 0 aromatic carbocycles. The molecule has 0 aromatic rings. The molecule has 0 aromatic heterocycles. The van der Waals surface area contributed by atoms with Gasteiger partial charge in [-0.25, -0.2) is 4.79 Å². The highest BCUT2D eigenvalue weighted by Crippen LogP contribution is 2.84. The van der Waals surface area contributed by atoms with E-state index in [1.54, 1.807) is 0 Å². The molecule has 3 aliphatic carbocycles. The summed E-state index contributed by atoms with van der Waals surface area (Å²) < 4.78 is 25.0. The van der Waals surface area contributed by atoms with E-state index in [1.165, 1.54) is 5.57 Å². The van der Waals surface area contributed by atoms with Crippen LogP contribution in [0.2, 0.25) is 0 Å². The molecule has 4 aliphatic heterocycles. The lowest BCUT2D eigenvalue weighted by molar-refractivity contribution is -0.136. The van der Waals surface area contributed by atoms with Gasteiger partial charge in [-0.15, -0.1) is 0 Å². The fourth-order valence-electron chi connectivity index (χ4n) is 8.27. The van der Waals surface area contributed by atoms with Gasteiger partial charge < -0.3 is 18.9 Å². The number of carbonyl (C=O) groups is 1. The molecule has 9 atom stereocenters. The lowest BCUT2D eigenvalue weighted by Gasteiger charge is -2.53. The van der Waals surface area contributed by atoms with Crippen LogP contribution in [0.1, 0.15) is 47.0 Å². The summed E-state index contributed by atoms with van der Waals surface area (Å²) in [6, 6.07) is 0. The number of ether oxygens (including phenoxy) is 4. The third kappa shape index (κ3) is 1.15. The first-order valence-electron chi connectivity index (χ1n) is 10.3. The molecule has 2 saturated carbocycles. The lowest BCUT2D eigenvalue weighted by Crippen LogP contribution is -2.66. The van der Waals surface area contributed by atoms with Crippen LogP contribution in [0.4, 0.5) is 0 Å². The molecule has 0 bridgehead atoms. The van der Waals surface area contributed by atoms with Gasteiger partial charge >= 0.3 is 5.97 Å². The van der Waals surface area contributed by atoms with Crippen molar-refractivity contribution in [3.05, 3.63) is 11.1 Å². The summed E-state index contributed by atoms with van der Waals surface area (Å²) in [5.74, 6) is 1.05. The van der Waals surface area contributed by atoms with Crippen molar-refractivity contribution in [1.82, 2.24) is 0 Å². The molecule has 0 amide bonds. The molecule has 0 radical (unpaired) electrons. The molecule has 7 rings (SSSR count). The van der Waals surface area contributed by atoms with Crippen molar-refractivity contribution in [2.24, 2.45) is 23.2 Å². The van der Waals surface area contributed by atoms with Crippen LogP contribution in [0.15, 0.2) is 11.1 Å². The van der Waals surface area contributed by atoms with E-state index in [1.807, 2.05) is 0 Å². The maximum absolute atomic E-state index is 12.1. The zero-order valence-corrected chi connectivity index (χ0v) is 15.8.